The normalized spacial score (nSPS) is 23.6. The summed E-state index contributed by atoms with van der Waals surface area (Å²) in [5, 5.41) is 6.70. The van der Waals surface area contributed by atoms with Crippen LogP contribution in [0.1, 0.15) is 60.8 Å². The smallest absolute Gasteiger partial charge is 0.237 e. The van der Waals surface area contributed by atoms with Crippen molar-refractivity contribution in [3.63, 3.8) is 0 Å². The lowest BCUT2D eigenvalue weighted by atomic mass is 9.90. The zero-order valence-electron chi connectivity index (χ0n) is 14.8. The van der Waals surface area contributed by atoms with E-state index in [0.29, 0.717) is 12.0 Å². The van der Waals surface area contributed by atoms with Gasteiger partial charge in [0, 0.05) is 18.1 Å². The number of hydrogen-bond donors (Lipinski definition) is 2. The van der Waals surface area contributed by atoms with Gasteiger partial charge in [-0.3, -0.25) is 9.69 Å². The first-order valence-corrected chi connectivity index (χ1v) is 8.60. The first-order chi connectivity index (χ1) is 9.80. The first kappa shape index (κ1) is 18.4. The van der Waals surface area contributed by atoms with E-state index in [1.54, 1.807) is 0 Å². The van der Waals surface area contributed by atoms with Crippen LogP contribution >= 0.6 is 0 Å². The highest BCUT2D eigenvalue weighted by molar-refractivity contribution is 5.82. The van der Waals surface area contributed by atoms with Crippen LogP contribution in [0.2, 0.25) is 0 Å². The van der Waals surface area contributed by atoms with Crippen LogP contribution in [0.4, 0.5) is 0 Å². The summed E-state index contributed by atoms with van der Waals surface area (Å²) in [5.74, 6) is 0.812. The van der Waals surface area contributed by atoms with Gasteiger partial charge in [-0.25, -0.2) is 0 Å². The molecular weight excluding hydrogens is 262 g/mol. The van der Waals surface area contributed by atoms with Crippen LogP contribution < -0.4 is 10.6 Å². The zero-order chi connectivity index (χ0) is 16.0. The molecule has 0 saturated carbocycles. The predicted octanol–water partition coefficient (Wildman–Crippen LogP) is 2.39. The van der Waals surface area contributed by atoms with Gasteiger partial charge in [0.25, 0.3) is 0 Å². The van der Waals surface area contributed by atoms with Crippen LogP contribution in [0.3, 0.4) is 0 Å². The Morgan fingerprint density at radius 1 is 1.33 bits per heavy atom. The molecule has 1 rings (SSSR count). The minimum absolute atomic E-state index is 0.0348. The fraction of sp³-hybridized carbons (Fsp3) is 0.941. The molecule has 0 aromatic carbocycles. The highest BCUT2D eigenvalue weighted by Crippen LogP contribution is 2.22. The molecule has 1 saturated heterocycles. The fourth-order valence-electron chi connectivity index (χ4n) is 2.98. The second-order valence-corrected chi connectivity index (χ2v) is 7.15. The molecule has 1 fully saturated rings. The van der Waals surface area contributed by atoms with Crippen molar-refractivity contribution < 1.29 is 4.79 Å². The van der Waals surface area contributed by atoms with Crippen LogP contribution in [0.5, 0.6) is 0 Å². The molecule has 0 aliphatic carbocycles. The Hall–Kier alpha value is -0.610. The Morgan fingerprint density at radius 3 is 2.57 bits per heavy atom. The molecule has 0 aromatic heterocycles. The number of carbonyl (C=O) groups excluding carboxylic acids is 1. The Bertz CT molecular complexity index is 330. The van der Waals surface area contributed by atoms with Gasteiger partial charge in [0.15, 0.2) is 0 Å². The van der Waals surface area contributed by atoms with Gasteiger partial charge in [-0.15, -0.1) is 0 Å². The van der Waals surface area contributed by atoms with E-state index in [9.17, 15) is 4.79 Å². The van der Waals surface area contributed by atoms with Gasteiger partial charge in [-0.1, -0.05) is 13.8 Å². The molecule has 2 N–H and O–H groups in total. The molecule has 0 radical (unpaired) electrons. The summed E-state index contributed by atoms with van der Waals surface area (Å²) in [6.45, 7) is 15.8. The third-order valence-electron chi connectivity index (χ3n) is 5.00. The van der Waals surface area contributed by atoms with Crippen LogP contribution in [0.25, 0.3) is 0 Å². The predicted molar refractivity (Wildman–Crippen MR) is 89.4 cm³/mol. The number of nitrogens with one attached hydrogen (secondary N) is 2. The topological polar surface area (TPSA) is 44.4 Å². The number of piperidine rings is 1. The maximum Gasteiger partial charge on any atom is 0.237 e. The van der Waals surface area contributed by atoms with E-state index in [1.807, 2.05) is 6.92 Å². The van der Waals surface area contributed by atoms with E-state index in [1.165, 1.54) is 12.8 Å². The average Bonchev–Trinajstić information content (AvgIpc) is 2.46. The van der Waals surface area contributed by atoms with Gasteiger partial charge >= 0.3 is 0 Å². The molecule has 1 heterocycles. The molecule has 4 nitrogen and oxygen atoms in total. The molecular formula is C17H35N3O. The van der Waals surface area contributed by atoms with E-state index in [0.717, 1.165) is 26.1 Å². The summed E-state index contributed by atoms with van der Waals surface area (Å²) in [6, 6.07) is 0.493. The molecule has 4 heteroatoms. The second kappa shape index (κ2) is 8.14. The van der Waals surface area contributed by atoms with Crippen molar-refractivity contribution in [1.82, 2.24) is 15.5 Å². The van der Waals surface area contributed by atoms with Crippen LogP contribution in [-0.4, -0.2) is 48.1 Å². The van der Waals surface area contributed by atoms with Crippen molar-refractivity contribution in [2.24, 2.45) is 5.92 Å². The van der Waals surface area contributed by atoms with Gasteiger partial charge in [-0.2, -0.15) is 0 Å². The maximum atomic E-state index is 12.5. The SMILES string of the molecule is CCNC(C)C1CCCN(C(C)C(=O)NC(C)(C)CC)C1. The molecule has 0 spiro atoms. The Kier molecular flexibility index (Phi) is 7.14. The number of amides is 1. The van der Waals surface area contributed by atoms with Crippen molar-refractivity contribution in [1.29, 1.82) is 0 Å². The summed E-state index contributed by atoms with van der Waals surface area (Å²) < 4.78 is 0. The van der Waals surface area contributed by atoms with Gasteiger partial charge in [-0.05, 0) is 66.0 Å². The minimum Gasteiger partial charge on any atom is -0.350 e. The molecule has 1 aliphatic rings. The summed E-state index contributed by atoms with van der Waals surface area (Å²) in [7, 11) is 0. The Morgan fingerprint density at radius 2 is 2.00 bits per heavy atom. The summed E-state index contributed by atoms with van der Waals surface area (Å²) in [4.78, 5) is 14.8. The lowest BCUT2D eigenvalue weighted by Gasteiger charge is -2.39. The number of nitrogens with zero attached hydrogens (tertiary/aromatic N) is 1. The molecule has 0 aromatic rings. The second-order valence-electron chi connectivity index (χ2n) is 7.15. The lowest BCUT2D eigenvalue weighted by molar-refractivity contribution is -0.128. The average molecular weight is 297 g/mol. The van der Waals surface area contributed by atoms with Crippen molar-refractivity contribution in [3.8, 4) is 0 Å². The lowest BCUT2D eigenvalue weighted by Crippen LogP contribution is -2.55. The van der Waals surface area contributed by atoms with E-state index in [4.69, 9.17) is 0 Å². The number of likely N-dealkylation sites (tertiary alicyclic amines) is 1. The number of carbonyl (C=O) groups is 1. The standard InChI is InChI=1S/C17H35N3O/c1-7-17(5,6)19-16(21)14(4)20-11-9-10-15(12-20)13(3)18-8-2/h13-15,18H,7-12H2,1-6H3,(H,19,21). The summed E-state index contributed by atoms with van der Waals surface area (Å²) in [6.07, 6.45) is 3.40. The van der Waals surface area contributed by atoms with E-state index in [-0.39, 0.29) is 17.5 Å². The molecule has 21 heavy (non-hydrogen) atoms. The maximum absolute atomic E-state index is 12.5. The monoisotopic (exact) mass is 297 g/mol. The Labute approximate surface area is 131 Å². The van der Waals surface area contributed by atoms with Gasteiger partial charge < -0.3 is 10.6 Å². The van der Waals surface area contributed by atoms with Gasteiger partial charge in [0.05, 0.1) is 6.04 Å². The van der Waals surface area contributed by atoms with Crippen molar-refractivity contribution in [2.75, 3.05) is 19.6 Å². The summed E-state index contributed by atoms with van der Waals surface area (Å²) >= 11 is 0. The van der Waals surface area contributed by atoms with E-state index >= 15 is 0 Å². The zero-order valence-corrected chi connectivity index (χ0v) is 14.8. The summed E-state index contributed by atoms with van der Waals surface area (Å²) in [5.41, 5.74) is -0.114. The van der Waals surface area contributed by atoms with Crippen molar-refractivity contribution in [3.05, 3.63) is 0 Å². The van der Waals surface area contributed by atoms with Crippen LogP contribution in [0, 0.1) is 5.92 Å². The van der Waals surface area contributed by atoms with E-state index < -0.39 is 0 Å². The van der Waals surface area contributed by atoms with Crippen molar-refractivity contribution >= 4 is 5.91 Å². The molecule has 3 unspecified atom stereocenters. The molecule has 1 aliphatic heterocycles. The number of rotatable bonds is 7. The Balaban J connectivity index is 2.57. The van der Waals surface area contributed by atoms with Crippen LogP contribution in [-0.2, 0) is 4.79 Å². The third-order valence-corrected chi connectivity index (χ3v) is 5.00. The largest absolute Gasteiger partial charge is 0.350 e. The van der Waals surface area contributed by atoms with Crippen molar-refractivity contribution in [2.45, 2.75) is 78.4 Å². The highest BCUT2D eigenvalue weighted by Gasteiger charge is 2.31. The van der Waals surface area contributed by atoms with Crippen LogP contribution in [0.15, 0.2) is 0 Å². The quantitative estimate of drug-likeness (QED) is 0.758. The molecule has 124 valence electrons. The highest BCUT2D eigenvalue weighted by atomic mass is 16.2. The third kappa shape index (κ3) is 5.59. The minimum atomic E-state index is -0.114. The number of hydrogen-bond acceptors (Lipinski definition) is 3. The molecule has 1 amide bonds. The molecule has 0 bridgehead atoms. The fourth-order valence-corrected chi connectivity index (χ4v) is 2.98. The molecule has 3 atom stereocenters. The van der Waals surface area contributed by atoms with E-state index in [2.05, 4.69) is 50.2 Å². The van der Waals surface area contributed by atoms with Gasteiger partial charge in [0.1, 0.15) is 0 Å². The van der Waals surface area contributed by atoms with Gasteiger partial charge in [0.2, 0.25) is 5.91 Å². The first-order valence-electron chi connectivity index (χ1n) is 8.60.